The fourth-order valence-corrected chi connectivity index (χ4v) is 3.07. The number of anilines is 1. The highest BCUT2D eigenvalue weighted by Crippen LogP contribution is 2.45. The smallest absolute Gasteiger partial charge is 0.240 e. The van der Waals surface area contributed by atoms with E-state index < -0.39 is 0 Å². The summed E-state index contributed by atoms with van der Waals surface area (Å²) < 4.78 is 5.56. The van der Waals surface area contributed by atoms with Gasteiger partial charge in [-0.25, -0.2) is 9.97 Å². The standard InChI is InChI=1S/C17H17N5O/c18-13-7-10-19-14(20-13)15-21-16(23-22-15)17(8-4-9-17)11-12-5-2-1-3-6-12/h1-3,5-7,10H,4,8-9,11H2,(H2,18,19,20). The molecular weight excluding hydrogens is 290 g/mol. The summed E-state index contributed by atoms with van der Waals surface area (Å²) in [7, 11) is 0. The van der Waals surface area contributed by atoms with E-state index >= 15 is 0 Å². The average Bonchev–Trinajstić information content (AvgIpc) is 3.02. The zero-order chi connectivity index (χ0) is 15.7. The third-order valence-electron chi connectivity index (χ3n) is 4.45. The molecule has 0 spiro atoms. The van der Waals surface area contributed by atoms with E-state index in [1.165, 1.54) is 12.0 Å². The van der Waals surface area contributed by atoms with Crippen molar-refractivity contribution in [2.24, 2.45) is 0 Å². The molecule has 0 aliphatic heterocycles. The number of nitrogens with zero attached hydrogens (tertiary/aromatic N) is 4. The molecule has 0 saturated heterocycles. The van der Waals surface area contributed by atoms with Gasteiger partial charge in [-0.2, -0.15) is 4.98 Å². The largest absolute Gasteiger partial charge is 0.384 e. The van der Waals surface area contributed by atoms with Gasteiger partial charge in [0.25, 0.3) is 0 Å². The first-order valence-corrected chi connectivity index (χ1v) is 7.72. The maximum atomic E-state index is 5.69. The van der Waals surface area contributed by atoms with E-state index in [1.807, 2.05) is 6.07 Å². The van der Waals surface area contributed by atoms with E-state index in [2.05, 4.69) is 44.4 Å². The third-order valence-corrected chi connectivity index (χ3v) is 4.45. The molecule has 2 N–H and O–H groups in total. The minimum atomic E-state index is -0.0626. The lowest BCUT2D eigenvalue weighted by Gasteiger charge is -2.38. The van der Waals surface area contributed by atoms with Crippen LogP contribution in [0.4, 0.5) is 5.82 Å². The molecule has 1 aliphatic rings. The summed E-state index contributed by atoms with van der Waals surface area (Å²) in [5, 5.41) is 4.05. The Labute approximate surface area is 133 Å². The Morgan fingerprint density at radius 3 is 2.57 bits per heavy atom. The number of hydrogen-bond acceptors (Lipinski definition) is 6. The molecule has 3 aromatic rings. The second-order valence-electron chi connectivity index (χ2n) is 6.02. The molecule has 6 heteroatoms. The minimum absolute atomic E-state index is 0.0626. The summed E-state index contributed by atoms with van der Waals surface area (Å²) in [6, 6.07) is 12.0. The van der Waals surface area contributed by atoms with Crippen LogP contribution in [0.25, 0.3) is 11.6 Å². The lowest BCUT2D eigenvalue weighted by Crippen LogP contribution is -2.36. The summed E-state index contributed by atoms with van der Waals surface area (Å²) in [5.41, 5.74) is 6.91. The lowest BCUT2D eigenvalue weighted by molar-refractivity contribution is 0.173. The normalized spacial score (nSPS) is 16.0. The Balaban J connectivity index is 1.64. The Morgan fingerprint density at radius 1 is 1.04 bits per heavy atom. The van der Waals surface area contributed by atoms with Crippen molar-refractivity contribution in [3.63, 3.8) is 0 Å². The molecule has 0 atom stereocenters. The summed E-state index contributed by atoms with van der Waals surface area (Å²) in [4.78, 5) is 12.9. The van der Waals surface area contributed by atoms with Crippen molar-refractivity contribution < 1.29 is 4.52 Å². The predicted octanol–water partition coefficient (Wildman–Crippen LogP) is 2.77. The molecule has 116 valence electrons. The highest BCUT2D eigenvalue weighted by molar-refractivity contribution is 5.45. The van der Waals surface area contributed by atoms with Gasteiger partial charge in [-0.1, -0.05) is 41.9 Å². The number of nitrogens with two attached hydrogens (primary N) is 1. The van der Waals surface area contributed by atoms with Crippen molar-refractivity contribution in [1.29, 1.82) is 0 Å². The van der Waals surface area contributed by atoms with Crippen molar-refractivity contribution in [2.75, 3.05) is 5.73 Å². The fraction of sp³-hybridized carbons (Fsp3) is 0.294. The highest BCUT2D eigenvalue weighted by atomic mass is 16.5. The molecule has 1 aliphatic carbocycles. The van der Waals surface area contributed by atoms with E-state index in [-0.39, 0.29) is 5.41 Å². The maximum absolute atomic E-state index is 5.69. The van der Waals surface area contributed by atoms with Crippen molar-refractivity contribution in [1.82, 2.24) is 20.1 Å². The highest BCUT2D eigenvalue weighted by Gasteiger charge is 2.43. The first-order chi connectivity index (χ1) is 11.3. The Hall–Kier alpha value is -2.76. The van der Waals surface area contributed by atoms with Crippen LogP contribution in [-0.4, -0.2) is 20.1 Å². The van der Waals surface area contributed by atoms with Gasteiger partial charge in [0.05, 0.1) is 5.41 Å². The van der Waals surface area contributed by atoms with Gasteiger partial charge in [-0.15, -0.1) is 0 Å². The molecule has 2 aromatic heterocycles. The Kier molecular flexibility index (Phi) is 3.29. The van der Waals surface area contributed by atoms with Gasteiger partial charge in [0.15, 0.2) is 0 Å². The topological polar surface area (TPSA) is 90.7 Å². The van der Waals surface area contributed by atoms with E-state index in [0.717, 1.165) is 19.3 Å². The average molecular weight is 307 g/mol. The van der Waals surface area contributed by atoms with Crippen molar-refractivity contribution >= 4 is 5.82 Å². The van der Waals surface area contributed by atoms with Gasteiger partial charge in [0.1, 0.15) is 5.82 Å². The molecule has 0 unspecified atom stereocenters. The van der Waals surface area contributed by atoms with Gasteiger partial charge in [-0.05, 0) is 30.9 Å². The molecule has 23 heavy (non-hydrogen) atoms. The third kappa shape index (κ3) is 2.56. The van der Waals surface area contributed by atoms with Crippen LogP contribution in [0.5, 0.6) is 0 Å². The van der Waals surface area contributed by atoms with Crippen LogP contribution in [0.2, 0.25) is 0 Å². The second-order valence-corrected chi connectivity index (χ2v) is 6.02. The van der Waals surface area contributed by atoms with Crippen LogP contribution < -0.4 is 5.73 Å². The van der Waals surface area contributed by atoms with Crippen LogP contribution in [0.15, 0.2) is 47.1 Å². The van der Waals surface area contributed by atoms with Crippen LogP contribution >= 0.6 is 0 Å². The molecule has 4 rings (SSSR count). The number of hydrogen-bond donors (Lipinski definition) is 1. The Morgan fingerprint density at radius 2 is 1.87 bits per heavy atom. The van der Waals surface area contributed by atoms with Crippen molar-refractivity contribution in [3.05, 3.63) is 54.0 Å². The number of benzene rings is 1. The van der Waals surface area contributed by atoms with Gasteiger partial charge in [0.2, 0.25) is 17.5 Å². The number of nitrogen functional groups attached to an aromatic ring is 1. The van der Waals surface area contributed by atoms with E-state index in [1.54, 1.807) is 12.3 Å². The van der Waals surface area contributed by atoms with Crippen LogP contribution in [-0.2, 0) is 11.8 Å². The molecule has 0 bridgehead atoms. The van der Waals surface area contributed by atoms with Gasteiger partial charge < -0.3 is 10.3 Å². The van der Waals surface area contributed by atoms with E-state index in [0.29, 0.717) is 23.4 Å². The summed E-state index contributed by atoms with van der Waals surface area (Å²) in [6.07, 6.45) is 5.80. The zero-order valence-corrected chi connectivity index (χ0v) is 12.6. The first kappa shape index (κ1) is 13.9. The first-order valence-electron chi connectivity index (χ1n) is 7.72. The van der Waals surface area contributed by atoms with Crippen molar-refractivity contribution in [2.45, 2.75) is 31.1 Å². The van der Waals surface area contributed by atoms with E-state index in [4.69, 9.17) is 10.3 Å². The van der Waals surface area contributed by atoms with Crippen LogP contribution in [0.3, 0.4) is 0 Å². The Bertz CT molecular complexity index is 811. The summed E-state index contributed by atoms with van der Waals surface area (Å²) in [6.45, 7) is 0. The summed E-state index contributed by atoms with van der Waals surface area (Å²) >= 11 is 0. The second kappa shape index (κ2) is 5.46. The fourth-order valence-electron chi connectivity index (χ4n) is 3.07. The molecular formula is C17H17N5O. The summed E-state index contributed by atoms with van der Waals surface area (Å²) in [5.74, 6) is 1.86. The number of aromatic nitrogens is 4. The number of rotatable bonds is 4. The zero-order valence-electron chi connectivity index (χ0n) is 12.6. The quantitative estimate of drug-likeness (QED) is 0.797. The van der Waals surface area contributed by atoms with Gasteiger partial charge in [-0.3, -0.25) is 0 Å². The van der Waals surface area contributed by atoms with Gasteiger partial charge in [0, 0.05) is 6.20 Å². The molecule has 0 amide bonds. The van der Waals surface area contributed by atoms with Gasteiger partial charge >= 0.3 is 0 Å². The molecule has 6 nitrogen and oxygen atoms in total. The molecule has 1 fully saturated rings. The minimum Gasteiger partial charge on any atom is -0.384 e. The monoisotopic (exact) mass is 307 g/mol. The predicted molar refractivity (Wildman–Crippen MR) is 85.4 cm³/mol. The van der Waals surface area contributed by atoms with Crippen LogP contribution in [0, 0.1) is 0 Å². The lowest BCUT2D eigenvalue weighted by atomic mass is 9.65. The van der Waals surface area contributed by atoms with Crippen molar-refractivity contribution in [3.8, 4) is 11.6 Å². The maximum Gasteiger partial charge on any atom is 0.240 e. The van der Waals surface area contributed by atoms with E-state index in [9.17, 15) is 0 Å². The SMILES string of the molecule is Nc1ccnc(-c2noc(C3(Cc4ccccc4)CCC3)n2)n1. The van der Waals surface area contributed by atoms with Crippen LogP contribution in [0.1, 0.15) is 30.7 Å². The molecule has 1 saturated carbocycles. The molecule has 2 heterocycles. The molecule has 0 radical (unpaired) electrons. The molecule has 1 aromatic carbocycles.